The maximum absolute atomic E-state index is 13.9. The highest BCUT2D eigenvalue weighted by Gasteiger charge is 2.28. The van der Waals surface area contributed by atoms with Gasteiger partial charge in [-0.2, -0.15) is 0 Å². The van der Waals surface area contributed by atoms with E-state index >= 15 is 0 Å². The number of hydrogen-bond donors (Lipinski definition) is 2. The molecule has 8 heteroatoms. The summed E-state index contributed by atoms with van der Waals surface area (Å²) in [5.41, 5.74) is 2.09. The molecule has 1 amide bonds. The first-order valence-electron chi connectivity index (χ1n) is 11.9. The normalized spacial score (nSPS) is 16.0. The molecule has 7 nitrogen and oxygen atoms in total. The van der Waals surface area contributed by atoms with Crippen LogP contribution >= 0.6 is 0 Å². The van der Waals surface area contributed by atoms with Crippen molar-refractivity contribution in [3.63, 3.8) is 0 Å². The van der Waals surface area contributed by atoms with E-state index in [4.69, 9.17) is 4.74 Å². The maximum Gasteiger partial charge on any atom is 0.356 e. The lowest BCUT2D eigenvalue weighted by Crippen LogP contribution is -2.52. The van der Waals surface area contributed by atoms with Gasteiger partial charge in [-0.3, -0.25) is 14.6 Å². The van der Waals surface area contributed by atoms with Gasteiger partial charge in [-0.05, 0) is 37.6 Å². The molecule has 1 aromatic heterocycles. The van der Waals surface area contributed by atoms with E-state index in [9.17, 15) is 14.0 Å². The summed E-state index contributed by atoms with van der Waals surface area (Å²) in [6.45, 7) is 7.80. The maximum atomic E-state index is 13.9. The summed E-state index contributed by atoms with van der Waals surface area (Å²) in [6.07, 6.45) is 4.28. The van der Waals surface area contributed by atoms with Gasteiger partial charge in [0.15, 0.2) is 0 Å². The molecule has 1 saturated heterocycles. The van der Waals surface area contributed by atoms with Gasteiger partial charge in [0, 0.05) is 43.6 Å². The van der Waals surface area contributed by atoms with E-state index in [-0.39, 0.29) is 23.9 Å². The molecular formula is C27H31FN4O3. The quantitative estimate of drug-likeness (QED) is 0.476. The van der Waals surface area contributed by atoms with Crippen LogP contribution in [0.3, 0.4) is 0 Å². The highest BCUT2D eigenvalue weighted by molar-refractivity contribution is 6.11. The van der Waals surface area contributed by atoms with E-state index in [1.54, 1.807) is 6.92 Å². The van der Waals surface area contributed by atoms with E-state index in [0.29, 0.717) is 10.9 Å². The van der Waals surface area contributed by atoms with Crippen molar-refractivity contribution in [1.29, 1.82) is 0 Å². The Hall–Kier alpha value is -3.49. The SMILES string of the molecule is CCOC(=O)c1[nH]c2ccc(F)cc2c1NC(=O)[C@H](C)N1CCN(C/C=C/c2ccccc2)CC1. The molecule has 35 heavy (non-hydrogen) atoms. The van der Waals surface area contributed by atoms with E-state index in [1.165, 1.54) is 23.8 Å². The summed E-state index contributed by atoms with van der Waals surface area (Å²) < 4.78 is 19.0. The molecule has 0 unspecified atom stereocenters. The number of hydrogen-bond acceptors (Lipinski definition) is 5. The minimum Gasteiger partial charge on any atom is -0.461 e. The van der Waals surface area contributed by atoms with Gasteiger partial charge < -0.3 is 15.0 Å². The predicted molar refractivity (Wildman–Crippen MR) is 136 cm³/mol. The van der Waals surface area contributed by atoms with Crippen LogP contribution in [0.25, 0.3) is 17.0 Å². The Morgan fingerprint density at radius 2 is 1.89 bits per heavy atom. The largest absolute Gasteiger partial charge is 0.461 e. The highest BCUT2D eigenvalue weighted by Crippen LogP contribution is 2.29. The Kier molecular flexibility index (Phi) is 7.94. The second kappa shape index (κ2) is 11.3. The topological polar surface area (TPSA) is 77.7 Å². The lowest BCUT2D eigenvalue weighted by molar-refractivity contribution is -0.121. The van der Waals surface area contributed by atoms with Crippen molar-refractivity contribution in [2.45, 2.75) is 19.9 Å². The molecule has 0 saturated carbocycles. The van der Waals surface area contributed by atoms with Crippen LogP contribution in [-0.2, 0) is 9.53 Å². The number of nitrogens with one attached hydrogen (secondary N) is 2. The Morgan fingerprint density at radius 1 is 1.14 bits per heavy atom. The number of fused-ring (bicyclic) bond motifs is 1. The van der Waals surface area contributed by atoms with Gasteiger partial charge in [0.2, 0.25) is 5.91 Å². The first kappa shape index (κ1) is 24.6. The van der Waals surface area contributed by atoms with Crippen molar-refractivity contribution < 1.29 is 18.7 Å². The summed E-state index contributed by atoms with van der Waals surface area (Å²) in [6, 6.07) is 13.9. The molecule has 2 N–H and O–H groups in total. The predicted octanol–water partition coefficient (Wildman–Crippen LogP) is 4.14. The molecule has 1 fully saturated rings. The lowest BCUT2D eigenvalue weighted by atomic mass is 10.1. The van der Waals surface area contributed by atoms with Crippen molar-refractivity contribution in [1.82, 2.24) is 14.8 Å². The zero-order valence-electron chi connectivity index (χ0n) is 20.1. The van der Waals surface area contributed by atoms with Gasteiger partial charge in [-0.1, -0.05) is 42.5 Å². The molecule has 1 aliphatic rings. The number of amides is 1. The molecule has 0 radical (unpaired) electrons. The number of aromatic nitrogens is 1. The molecule has 184 valence electrons. The van der Waals surface area contributed by atoms with E-state index in [2.05, 4.69) is 44.4 Å². The standard InChI is InChI=1S/C27H31FN4O3/c1-3-35-27(34)25-24(22-18-21(28)11-12-23(22)29-25)30-26(33)19(2)32-16-14-31(15-17-32)13-7-10-20-8-5-4-6-9-20/h4-12,18-19,29H,3,13-17H2,1-2H3,(H,30,33)/b10-7+/t19-/m0/s1. The van der Waals surface area contributed by atoms with Gasteiger partial charge >= 0.3 is 5.97 Å². The number of esters is 1. The average Bonchev–Trinajstić information content (AvgIpc) is 3.22. The van der Waals surface area contributed by atoms with Gasteiger partial charge in [-0.15, -0.1) is 0 Å². The van der Waals surface area contributed by atoms with Crippen LogP contribution in [0, 0.1) is 5.82 Å². The second-order valence-corrected chi connectivity index (χ2v) is 8.60. The molecule has 0 spiro atoms. The summed E-state index contributed by atoms with van der Waals surface area (Å²) in [5, 5.41) is 3.29. The average molecular weight is 479 g/mol. The summed E-state index contributed by atoms with van der Waals surface area (Å²) in [4.78, 5) is 33.0. The van der Waals surface area contributed by atoms with E-state index in [0.717, 1.165) is 32.7 Å². The molecule has 2 heterocycles. The highest BCUT2D eigenvalue weighted by atomic mass is 19.1. The zero-order valence-corrected chi connectivity index (χ0v) is 20.1. The number of halogens is 1. The van der Waals surface area contributed by atoms with Crippen molar-refractivity contribution >= 4 is 34.5 Å². The Morgan fingerprint density at radius 3 is 2.60 bits per heavy atom. The van der Waals surface area contributed by atoms with E-state index < -0.39 is 17.8 Å². The number of carbonyl (C=O) groups excluding carboxylic acids is 2. The van der Waals surface area contributed by atoms with Crippen molar-refractivity contribution in [2.75, 3.05) is 44.6 Å². The third-order valence-corrected chi connectivity index (χ3v) is 6.30. The van der Waals surface area contributed by atoms with Crippen LogP contribution < -0.4 is 5.32 Å². The summed E-state index contributed by atoms with van der Waals surface area (Å²) >= 11 is 0. The zero-order chi connectivity index (χ0) is 24.8. The smallest absolute Gasteiger partial charge is 0.356 e. The van der Waals surface area contributed by atoms with Crippen LogP contribution in [0.1, 0.15) is 29.9 Å². The fraction of sp³-hybridized carbons (Fsp3) is 0.333. The Balaban J connectivity index is 1.38. The number of benzene rings is 2. The number of anilines is 1. The first-order chi connectivity index (χ1) is 17.0. The number of H-pyrrole nitrogens is 1. The third-order valence-electron chi connectivity index (χ3n) is 6.30. The van der Waals surface area contributed by atoms with Gasteiger partial charge in [0.05, 0.1) is 18.3 Å². The van der Waals surface area contributed by atoms with Crippen LogP contribution in [0.15, 0.2) is 54.6 Å². The van der Waals surface area contributed by atoms with Crippen LogP contribution in [0.2, 0.25) is 0 Å². The molecule has 0 bridgehead atoms. The number of piperazine rings is 1. The van der Waals surface area contributed by atoms with Gasteiger partial charge in [0.1, 0.15) is 11.5 Å². The second-order valence-electron chi connectivity index (χ2n) is 8.60. The minimum atomic E-state index is -0.593. The number of rotatable bonds is 8. The fourth-order valence-electron chi connectivity index (χ4n) is 4.28. The number of ether oxygens (including phenoxy) is 1. The van der Waals surface area contributed by atoms with E-state index in [1.807, 2.05) is 25.1 Å². The third kappa shape index (κ3) is 5.96. The molecule has 1 atom stereocenters. The van der Waals surface area contributed by atoms with Crippen LogP contribution in [0.5, 0.6) is 0 Å². The lowest BCUT2D eigenvalue weighted by Gasteiger charge is -2.37. The van der Waals surface area contributed by atoms with Crippen molar-refractivity contribution in [3.8, 4) is 0 Å². The fourth-order valence-corrected chi connectivity index (χ4v) is 4.28. The number of nitrogens with zero attached hydrogens (tertiary/aromatic N) is 2. The summed E-state index contributed by atoms with van der Waals surface area (Å²) in [7, 11) is 0. The molecule has 4 rings (SSSR count). The molecule has 0 aliphatic carbocycles. The molecule has 3 aromatic rings. The number of carbonyl (C=O) groups is 2. The van der Waals surface area contributed by atoms with Crippen LogP contribution in [0.4, 0.5) is 10.1 Å². The van der Waals surface area contributed by atoms with Crippen molar-refractivity contribution in [2.24, 2.45) is 0 Å². The monoisotopic (exact) mass is 478 g/mol. The van der Waals surface area contributed by atoms with Crippen molar-refractivity contribution in [3.05, 3.63) is 71.7 Å². The Labute approximate surface area is 204 Å². The molecule has 1 aliphatic heterocycles. The molecular weight excluding hydrogens is 447 g/mol. The Bertz CT molecular complexity index is 1200. The van der Waals surface area contributed by atoms with Gasteiger partial charge in [-0.25, -0.2) is 9.18 Å². The molecule has 2 aromatic carbocycles. The number of aromatic amines is 1. The summed E-state index contributed by atoms with van der Waals surface area (Å²) in [5.74, 6) is -1.30. The van der Waals surface area contributed by atoms with Crippen LogP contribution in [-0.4, -0.2) is 72.0 Å². The first-order valence-corrected chi connectivity index (χ1v) is 11.9. The minimum absolute atomic E-state index is 0.114. The van der Waals surface area contributed by atoms with Gasteiger partial charge in [0.25, 0.3) is 0 Å².